The molecule has 0 spiro atoms. The van der Waals surface area contributed by atoms with Crippen molar-refractivity contribution < 1.29 is 0 Å². The number of nitrogens with zero attached hydrogens (tertiary/aromatic N) is 4. The summed E-state index contributed by atoms with van der Waals surface area (Å²) in [5.74, 6) is 2.49. The van der Waals surface area contributed by atoms with Crippen LogP contribution in [0.25, 0.3) is 0 Å². The van der Waals surface area contributed by atoms with Crippen molar-refractivity contribution in [3.8, 4) is 0 Å². The molecule has 1 saturated heterocycles. The predicted molar refractivity (Wildman–Crippen MR) is 105 cm³/mol. The zero-order valence-electron chi connectivity index (χ0n) is 14.4. The van der Waals surface area contributed by atoms with Crippen molar-refractivity contribution in [3.63, 3.8) is 0 Å². The lowest BCUT2D eigenvalue weighted by Crippen LogP contribution is -2.47. The molecule has 0 aliphatic carbocycles. The van der Waals surface area contributed by atoms with Crippen LogP contribution in [0, 0.1) is 13.8 Å². The number of pyridine rings is 2. The van der Waals surface area contributed by atoms with Gasteiger partial charge < -0.3 is 15.1 Å². The lowest BCUT2D eigenvalue weighted by molar-refractivity contribution is 0.325. The van der Waals surface area contributed by atoms with E-state index in [1.807, 2.05) is 19.1 Å². The van der Waals surface area contributed by atoms with E-state index >= 15 is 0 Å². The standard InChI is InChI=1S/C18H21Cl2N5/c1-12-8-13(2)21-17(9-12)22-14(3)24-4-6-25(7-5-24)18-11-15(19)10-16(20)23-18/h8-11H,3-7H2,1-2H3,(H,21,22). The third kappa shape index (κ3) is 4.55. The maximum absolute atomic E-state index is 6.07. The van der Waals surface area contributed by atoms with E-state index in [0.717, 1.165) is 49.3 Å². The zero-order valence-corrected chi connectivity index (χ0v) is 15.9. The van der Waals surface area contributed by atoms with Gasteiger partial charge in [-0.1, -0.05) is 29.8 Å². The topological polar surface area (TPSA) is 44.3 Å². The summed E-state index contributed by atoms with van der Waals surface area (Å²) in [6, 6.07) is 7.56. The summed E-state index contributed by atoms with van der Waals surface area (Å²) >= 11 is 12.1. The Labute approximate surface area is 158 Å². The molecule has 0 saturated carbocycles. The highest BCUT2D eigenvalue weighted by Crippen LogP contribution is 2.23. The fourth-order valence-electron chi connectivity index (χ4n) is 2.95. The molecule has 0 aromatic carbocycles. The molecule has 1 N–H and O–H groups in total. The van der Waals surface area contributed by atoms with Gasteiger partial charge in [0, 0.05) is 36.9 Å². The molecule has 0 bridgehead atoms. The van der Waals surface area contributed by atoms with Gasteiger partial charge in [-0.2, -0.15) is 0 Å². The van der Waals surface area contributed by atoms with Crippen LogP contribution in [-0.4, -0.2) is 41.0 Å². The minimum atomic E-state index is 0.414. The van der Waals surface area contributed by atoms with Crippen LogP contribution in [0.3, 0.4) is 0 Å². The molecule has 0 unspecified atom stereocenters. The molecule has 3 rings (SSSR count). The molecule has 2 aromatic heterocycles. The number of hydrogen-bond donors (Lipinski definition) is 1. The number of nitrogens with one attached hydrogen (secondary N) is 1. The van der Waals surface area contributed by atoms with Crippen molar-refractivity contribution in [2.75, 3.05) is 36.4 Å². The Bertz CT molecular complexity index is 745. The average molecular weight is 378 g/mol. The van der Waals surface area contributed by atoms with Gasteiger partial charge >= 0.3 is 0 Å². The molecule has 0 atom stereocenters. The van der Waals surface area contributed by atoms with Crippen LogP contribution in [0.15, 0.2) is 36.7 Å². The van der Waals surface area contributed by atoms with Crippen molar-refractivity contribution in [3.05, 3.63) is 58.1 Å². The quantitative estimate of drug-likeness (QED) is 0.812. The summed E-state index contributed by atoms with van der Waals surface area (Å²) in [6.45, 7) is 11.5. The fraction of sp³-hybridized carbons (Fsp3) is 0.333. The molecule has 132 valence electrons. The van der Waals surface area contributed by atoms with Crippen molar-refractivity contribution in [1.82, 2.24) is 14.9 Å². The highest BCUT2D eigenvalue weighted by atomic mass is 35.5. The second-order valence-corrected chi connectivity index (χ2v) is 7.01. The SMILES string of the molecule is C=C(Nc1cc(C)cc(C)n1)N1CCN(c2cc(Cl)cc(Cl)n2)CC1. The van der Waals surface area contributed by atoms with Gasteiger partial charge in [-0.05, 0) is 43.7 Å². The van der Waals surface area contributed by atoms with Crippen LogP contribution in [0.5, 0.6) is 0 Å². The van der Waals surface area contributed by atoms with Crippen LogP contribution in [-0.2, 0) is 0 Å². The zero-order chi connectivity index (χ0) is 18.0. The molecule has 2 aromatic rings. The molecule has 1 fully saturated rings. The summed E-state index contributed by atoms with van der Waals surface area (Å²) in [5, 5.41) is 4.33. The smallest absolute Gasteiger partial charge is 0.132 e. The average Bonchev–Trinajstić information content (AvgIpc) is 2.53. The Morgan fingerprint density at radius 3 is 2.40 bits per heavy atom. The summed E-state index contributed by atoms with van der Waals surface area (Å²) in [4.78, 5) is 13.2. The van der Waals surface area contributed by atoms with E-state index in [0.29, 0.717) is 10.2 Å². The van der Waals surface area contributed by atoms with Crippen LogP contribution < -0.4 is 10.2 Å². The Balaban J connectivity index is 1.60. The van der Waals surface area contributed by atoms with Crippen LogP contribution in [0.1, 0.15) is 11.3 Å². The van der Waals surface area contributed by atoms with Gasteiger partial charge in [-0.3, -0.25) is 0 Å². The summed E-state index contributed by atoms with van der Waals surface area (Å²) in [7, 11) is 0. The first-order valence-electron chi connectivity index (χ1n) is 8.15. The first-order chi connectivity index (χ1) is 11.9. The maximum atomic E-state index is 6.07. The molecule has 25 heavy (non-hydrogen) atoms. The van der Waals surface area contributed by atoms with Crippen molar-refractivity contribution in [2.45, 2.75) is 13.8 Å². The normalized spacial score (nSPS) is 14.6. The van der Waals surface area contributed by atoms with Crippen LogP contribution in [0.4, 0.5) is 11.6 Å². The van der Waals surface area contributed by atoms with Crippen LogP contribution >= 0.6 is 23.2 Å². The second kappa shape index (κ2) is 7.50. The van der Waals surface area contributed by atoms with Gasteiger partial charge in [-0.25, -0.2) is 9.97 Å². The molecular formula is C18H21Cl2N5. The van der Waals surface area contributed by atoms with Gasteiger partial charge in [0.05, 0.1) is 5.82 Å². The van der Waals surface area contributed by atoms with Gasteiger partial charge in [0.2, 0.25) is 0 Å². The number of hydrogen-bond acceptors (Lipinski definition) is 5. The summed E-state index contributed by atoms with van der Waals surface area (Å²) in [6.07, 6.45) is 0. The Kier molecular flexibility index (Phi) is 5.35. The number of halogens is 2. The van der Waals surface area contributed by atoms with E-state index in [2.05, 4.69) is 44.7 Å². The second-order valence-electron chi connectivity index (χ2n) is 6.18. The third-order valence-corrected chi connectivity index (χ3v) is 4.51. The minimum absolute atomic E-state index is 0.414. The maximum Gasteiger partial charge on any atom is 0.132 e. The van der Waals surface area contributed by atoms with Crippen molar-refractivity contribution >= 4 is 34.8 Å². The first-order valence-corrected chi connectivity index (χ1v) is 8.90. The highest BCUT2D eigenvalue weighted by Gasteiger charge is 2.20. The van der Waals surface area contributed by atoms with E-state index in [4.69, 9.17) is 23.2 Å². The van der Waals surface area contributed by atoms with E-state index in [9.17, 15) is 0 Å². The van der Waals surface area contributed by atoms with Gasteiger partial charge in [0.1, 0.15) is 16.8 Å². The number of aryl methyl sites for hydroxylation is 2. The molecule has 3 heterocycles. The fourth-order valence-corrected chi connectivity index (χ4v) is 3.41. The minimum Gasteiger partial charge on any atom is -0.355 e. The number of rotatable bonds is 4. The predicted octanol–water partition coefficient (Wildman–Crippen LogP) is 4.11. The molecule has 7 heteroatoms. The summed E-state index contributed by atoms with van der Waals surface area (Å²) < 4.78 is 0. The van der Waals surface area contributed by atoms with E-state index in [-0.39, 0.29) is 0 Å². The largest absolute Gasteiger partial charge is 0.355 e. The van der Waals surface area contributed by atoms with Crippen molar-refractivity contribution in [2.24, 2.45) is 0 Å². The number of aromatic nitrogens is 2. The monoisotopic (exact) mass is 377 g/mol. The molecule has 0 radical (unpaired) electrons. The highest BCUT2D eigenvalue weighted by molar-refractivity contribution is 6.34. The van der Waals surface area contributed by atoms with Crippen LogP contribution in [0.2, 0.25) is 10.2 Å². The third-order valence-electron chi connectivity index (χ3n) is 4.10. The molecule has 5 nitrogen and oxygen atoms in total. The Morgan fingerprint density at radius 2 is 1.76 bits per heavy atom. The molecule has 1 aliphatic rings. The number of anilines is 2. The van der Waals surface area contributed by atoms with Gasteiger partial charge in [-0.15, -0.1) is 0 Å². The Hall–Kier alpha value is -1.98. The lowest BCUT2D eigenvalue weighted by atomic mass is 10.2. The number of piperazine rings is 1. The lowest BCUT2D eigenvalue weighted by Gasteiger charge is -2.37. The van der Waals surface area contributed by atoms with Crippen molar-refractivity contribution in [1.29, 1.82) is 0 Å². The van der Waals surface area contributed by atoms with Gasteiger partial charge in [0.15, 0.2) is 0 Å². The summed E-state index contributed by atoms with van der Waals surface area (Å²) in [5.41, 5.74) is 2.17. The molecule has 0 amide bonds. The molecular weight excluding hydrogens is 357 g/mol. The van der Waals surface area contributed by atoms with Gasteiger partial charge in [0.25, 0.3) is 0 Å². The molecule has 1 aliphatic heterocycles. The first kappa shape index (κ1) is 17.8. The van der Waals surface area contributed by atoms with E-state index in [1.165, 1.54) is 5.56 Å². The Morgan fingerprint density at radius 1 is 1.04 bits per heavy atom. The van der Waals surface area contributed by atoms with E-state index in [1.54, 1.807) is 6.07 Å². The van der Waals surface area contributed by atoms with E-state index < -0.39 is 0 Å².